The lowest BCUT2D eigenvalue weighted by Gasteiger charge is -2.34. The van der Waals surface area contributed by atoms with Crippen LogP contribution < -0.4 is 0 Å². The number of ether oxygens (including phenoxy) is 1. The zero-order valence-electron chi connectivity index (χ0n) is 9.83. The molecule has 0 saturated carbocycles. The van der Waals surface area contributed by atoms with Gasteiger partial charge >= 0.3 is 0 Å². The highest BCUT2D eigenvalue weighted by molar-refractivity contribution is 4.97. The second-order valence-electron chi connectivity index (χ2n) is 4.96. The second-order valence-corrected chi connectivity index (χ2v) is 4.96. The molecule has 0 radical (unpaired) electrons. The van der Waals surface area contributed by atoms with Crippen LogP contribution in [-0.4, -0.2) is 75.7 Å². The van der Waals surface area contributed by atoms with Crippen molar-refractivity contribution >= 4 is 0 Å². The Morgan fingerprint density at radius 2 is 1.82 bits per heavy atom. The molecule has 4 N–H and O–H groups in total. The maximum absolute atomic E-state index is 10.2. The summed E-state index contributed by atoms with van der Waals surface area (Å²) in [6, 6.07) is 0. The van der Waals surface area contributed by atoms with Crippen molar-refractivity contribution in [1.82, 2.24) is 4.90 Å². The molecule has 0 bridgehead atoms. The van der Waals surface area contributed by atoms with Gasteiger partial charge in [-0.2, -0.15) is 0 Å². The van der Waals surface area contributed by atoms with E-state index in [1.807, 2.05) is 4.90 Å². The third-order valence-corrected chi connectivity index (χ3v) is 3.60. The van der Waals surface area contributed by atoms with Gasteiger partial charge in [0.1, 0.15) is 18.3 Å². The number of hydrogen-bond acceptors (Lipinski definition) is 6. The molecule has 0 aromatic rings. The lowest BCUT2D eigenvalue weighted by atomic mass is 10.0. The van der Waals surface area contributed by atoms with Gasteiger partial charge in [-0.15, -0.1) is 0 Å². The normalized spacial score (nSPS) is 44.1. The fourth-order valence-corrected chi connectivity index (χ4v) is 2.59. The van der Waals surface area contributed by atoms with Gasteiger partial charge in [0.05, 0.1) is 13.2 Å². The lowest BCUT2D eigenvalue weighted by molar-refractivity contribution is -0.239. The van der Waals surface area contributed by atoms with Crippen molar-refractivity contribution in [3.8, 4) is 0 Å². The first-order valence-corrected chi connectivity index (χ1v) is 6.16. The highest BCUT2D eigenvalue weighted by Crippen LogP contribution is 2.30. The Kier molecular flexibility index (Phi) is 4.02. The summed E-state index contributed by atoms with van der Waals surface area (Å²) in [5.41, 5.74) is 0. The molecule has 0 amide bonds. The lowest BCUT2D eigenvalue weighted by Crippen LogP contribution is -2.52. The molecule has 17 heavy (non-hydrogen) atoms. The van der Waals surface area contributed by atoms with Gasteiger partial charge in [0.2, 0.25) is 5.79 Å². The zero-order chi connectivity index (χ0) is 12.5. The number of aliphatic hydroxyl groups excluding tert-OH is 3. The molecule has 2 heterocycles. The predicted molar refractivity (Wildman–Crippen MR) is 59.2 cm³/mol. The minimum absolute atomic E-state index is 0.168. The van der Waals surface area contributed by atoms with Crippen LogP contribution in [0.15, 0.2) is 0 Å². The van der Waals surface area contributed by atoms with E-state index in [1.165, 1.54) is 6.42 Å². The van der Waals surface area contributed by atoms with Crippen molar-refractivity contribution < 1.29 is 25.2 Å². The molecule has 0 spiro atoms. The molecule has 2 aliphatic heterocycles. The first kappa shape index (κ1) is 13.2. The van der Waals surface area contributed by atoms with Crippen LogP contribution in [0.3, 0.4) is 0 Å². The Morgan fingerprint density at radius 1 is 1.18 bits per heavy atom. The van der Waals surface area contributed by atoms with E-state index in [0.717, 1.165) is 25.9 Å². The topological polar surface area (TPSA) is 93.4 Å². The first-order valence-electron chi connectivity index (χ1n) is 6.16. The molecular weight excluding hydrogens is 226 g/mol. The summed E-state index contributed by atoms with van der Waals surface area (Å²) in [6.45, 7) is 1.47. The second kappa shape index (κ2) is 5.17. The maximum Gasteiger partial charge on any atom is 0.208 e. The highest BCUT2D eigenvalue weighted by Gasteiger charge is 2.53. The molecule has 0 unspecified atom stereocenters. The summed E-state index contributed by atoms with van der Waals surface area (Å²) >= 11 is 0. The zero-order valence-corrected chi connectivity index (χ0v) is 9.83. The minimum Gasteiger partial charge on any atom is -0.394 e. The molecule has 0 aliphatic carbocycles. The molecular formula is C11H21NO5. The predicted octanol–water partition coefficient (Wildman–Crippen LogP) is -1.73. The summed E-state index contributed by atoms with van der Waals surface area (Å²) in [7, 11) is 0. The molecule has 0 aromatic carbocycles. The van der Waals surface area contributed by atoms with Crippen LogP contribution in [0.25, 0.3) is 0 Å². The van der Waals surface area contributed by atoms with Crippen molar-refractivity contribution in [1.29, 1.82) is 0 Å². The molecule has 4 atom stereocenters. The van der Waals surface area contributed by atoms with Crippen molar-refractivity contribution in [2.24, 2.45) is 0 Å². The van der Waals surface area contributed by atoms with E-state index >= 15 is 0 Å². The van der Waals surface area contributed by atoms with Gasteiger partial charge in [-0.1, -0.05) is 6.42 Å². The van der Waals surface area contributed by atoms with E-state index in [9.17, 15) is 15.3 Å². The van der Waals surface area contributed by atoms with Gasteiger partial charge in [-0.05, 0) is 25.9 Å². The van der Waals surface area contributed by atoms with Crippen LogP contribution in [0, 0.1) is 0 Å². The number of aliphatic hydroxyl groups is 4. The average Bonchev–Trinajstić information content (AvgIpc) is 2.55. The van der Waals surface area contributed by atoms with Crippen molar-refractivity contribution in [2.45, 2.75) is 43.4 Å². The Morgan fingerprint density at radius 3 is 2.35 bits per heavy atom. The standard InChI is InChI=1S/C11H21NO5/c13-6-8-9(14)10(15)11(16,17-8)7-12-4-2-1-3-5-12/h8-10,13-16H,1-7H2/t8-,9+,10-,11+/m0/s1. The molecule has 0 aromatic heterocycles. The number of hydrogen-bond donors (Lipinski definition) is 4. The smallest absolute Gasteiger partial charge is 0.208 e. The number of rotatable bonds is 3. The summed E-state index contributed by atoms with van der Waals surface area (Å²) in [6.07, 6.45) is -0.215. The molecule has 2 fully saturated rings. The monoisotopic (exact) mass is 247 g/mol. The van der Waals surface area contributed by atoms with Crippen molar-refractivity contribution in [3.05, 3.63) is 0 Å². The molecule has 6 heteroatoms. The molecule has 2 saturated heterocycles. The number of nitrogens with zero attached hydrogens (tertiary/aromatic N) is 1. The molecule has 6 nitrogen and oxygen atoms in total. The van der Waals surface area contributed by atoms with E-state index in [4.69, 9.17) is 9.84 Å². The van der Waals surface area contributed by atoms with Gasteiger partial charge in [0, 0.05) is 0 Å². The van der Waals surface area contributed by atoms with Gasteiger partial charge in [0.25, 0.3) is 0 Å². The van der Waals surface area contributed by atoms with E-state index in [0.29, 0.717) is 0 Å². The highest BCUT2D eigenvalue weighted by atomic mass is 16.7. The number of likely N-dealkylation sites (tertiary alicyclic amines) is 1. The third-order valence-electron chi connectivity index (χ3n) is 3.60. The Hall–Kier alpha value is -0.240. The summed E-state index contributed by atoms with van der Waals surface area (Å²) < 4.78 is 5.19. The van der Waals surface area contributed by atoms with Crippen molar-refractivity contribution in [2.75, 3.05) is 26.2 Å². The van der Waals surface area contributed by atoms with E-state index < -0.39 is 30.7 Å². The van der Waals surface area contributed by atoms with E-state index in [1.54, 1.807) is 0 Å². The van der Waals surface area contributed by atoms with Crippen LogP contribution in [0.2, 0.25) is 0 Å². The van der Waals surface area contributed by atoms with Gasteiger partial charge < -0.3 is 25.2 Å². The van der Waals surface area contributed by atoms with E-state index in [2.05, 4.69) is 0 Å². The molecule has 2 rings (SSSR count). The number of β-amino-alcohol motifs (C(OH)–C–C–N with tert-alkyl or cyclic N) is 1. The number of piperidine rings is 1. The molecule has 2 aliphatic rings. The van der Waals surface area contributed by atoms with Crippen LogP contribution >= 0.6 is 0 Å². The van der Waals surface area contributed by atoms with Gasteiger partial charge in [-0.3, -0.25) is 4.90 Å². The third kappa shape index (κ3) is 2.62. The molecule has 100 valence electrons. The summed E-state index contributed by atoms with van der Waals surface area (Å²) in [5, 5.41) is 38.6. The fraction of sp³-hybridized carbons (Fsp3) is 1.00. The van der Waals surface area contributed by atoms with Crippen molar-refractivity contribution in [3.63, 3.8) is 0 Å². The van der Waals surface area contributed by atoms with E-state index in [-0.39, 0.29) is 6.54 Å². The van der Waals surface area contributed by atoms with Crippen LogP contribution in [0.5, 0.6) is 0 Å². The SMILES string of the molecule is OC[C@@H]1O[C@](O)(CN2CCCCC2)[C@@H](O)[C@@H]1O. The average molecular weight is 247 g/mol. The maximum atomic E-state index is 10.2. The Balaban J connectivity index is 1.98. The largest absolute Gasteiger partial charge is 0.394 e. The quantitative estimate of drug-likeness (QED) is 0.474. The van der Waals surface area contributed by atoms with Crippen LogP contribution in [0.4, 0.5) is 0 Å². The van der Waals surface area contributed by atoms with Gasteiger partial charge in [-0.25, -0.2) is 0 Å². The fourth-order valence-electron chi connectivity index (χ4n) is 2.59. The van der Waals surface area contributed by atoms with Crippen LogP contribution in [-0.2, 0) is 4.74 Å². The van der Waals surface area contributed by atoms with Crippen LogP contribution in [0.1, 0.15) is 19.3 Å². The van der Waals surface area contributed by atoms with Gasteiger partial charge in [0.15, 0.2) is 0 Å². The Bertz CT molecular complexity index is 258. The Labute approximate surface area is 100 Å². The minimum atomic E-state index is -1.77. The summed E-state index contributed by atoms with van der Waals surface area (Å²) in [4.78, 5) is 2.01. The summed E-state index contributed by atoms with van der Waals surface area (Å²) in [5.74, 6) is -1.77. The first-order chi connectivity index (χ1) is 8.07.